The molecule has 0 spiro atoms. The molecule has 2 nitrogen and oxygen atoms in total. The number of thiophene rings is 1. The summed E-state index contributed by atoms with van der Waals surface area (Å²) in [5.41, 5.74) is 0.981. The van der Waals surface area contributed by atoms with E-state index in [2.05, 4.69) is 5.32 Å². The number of nitrogens with one attached hydrogen (secondary N) is 1. The lowest BCUT2D eigenvalue weighted by molar-refractivity contribution is 0.224. The van der Waals surface area contributed by atoms with Crippen LogP contribution in [0.25, 0.3) is 0 Å². The summed E-state index contributed by atoms with van der Waals surface area (Å²) in [4.78, 5) is 0. The fourth-order valence-corrected chi connectivity index (χ4v) is 1.18. The largest absolute Gasteiger partial charge is 0.374 e. The van der Waals surface area contributed by atoms with Crippen molar-refractivity contribution in [1.82, 2.24) is 0 Å². The summed E-state index contributed by atoms with van der Waals surface area (Å²) in [6.07, 6.45) is -0.459. The van der Waals surface area contributed by atoms with Crippen molar-refractivity contribution >= 4 is 17.0 Å². The van der Waals surface area contributed by atoms with E-state index >= 15 is 0 Å². The first-order valence-electron chi connectivity index (χ1n) is 2.76. The van der Waals surface area contributed by atoms with Crippen LogP contribution in [0, 0.1) is 0 Å². The molecule has 3 heteroatoms. The van der Waals surface area contributed by atoms with Crippen LogP contribution in [0.1, 0.15) is 6.92 Å². The summed E-state index contributed by atoms with van der Waals surface area (Å²) in [5.74, 6) is 0. The van der Waals surface area contributed by atoms with Crippen LogP contribution < -0.4 is 5.32 Å². The maximum atomic E-state index is 8.82. The van der Waals surface area contributed by atoms with Gasteiger partial charge < -0.3 is 10.4 Å². The maximum absolute atomic E-state index is 8.82. The van der Waals surface area contributed by atoms with Crippen LogP contribution in [0.15, 0.2) is 16.8 Å². The smallest absolute Gasteiger partial charge is 0.121 e. The zero-order chi connectivity index (χ0) is 6.69. The molecule has 0 aromatic carbocycles. The summed E-state index contributed by atoms with van der Waals surface area (Å²) in [6.45, 7) is 1.69. The predicted molar refractivity (Wildman–Crippen MR) is 39.6 cm³/mol. The molecule has 1 aromatic heterocycles. The normalized spacial score (nSPS) is 13.1. The first kappa shape index (κ1) is 6.58. The maximum Gasteiger partial charge on any atom is 0.121 e. The molecule has 0 saturated carbocycles. The fourth-order valence-electron chi connectivity index (χ4n) is 0.588. The van der Waals surface area contributed by atoms with Gasteiger partial charge in [-0.2, -0.15) is 11.3 Å². The second kappa shape index (κ2) is 2.85. The van der Waals surface area contributed by atoms with Crippen molar-refractivity contribution in [2.75, 3.05) is 5.32 Å². The van der Waals surface area contributed by atoms with E-state index in [-0.39, 0.29) is 0 Å². The van der Waals surface area contributed by atoms with E-state index in [1.807, 2.05) is 16.8 Å². The predicted octanol–water partition coefficient (Wildman–Crippen LogP) is 1.50. The van der Waals surface area contributed by atoms with E-state index in [0.29, 0.717) is 0 Å². The van der Waals surface area contributed by atoms with Gasteiger partial charge in [0.05, 0.1) is 0 Å². The Balaban J connectivity index is 2.48. The lowest BCUT2D eigenvalue weighted by Crippen LogP contribution is -2.12. The zero-order valence-corrected chi connectivity index (χ0v) is 5.98. The minimum atomic E-state index is -0.459. The van der Waals surface area contributed by atoms with Gasteiger partial charge in [-0.25, -0.2) is 0 Å². The lowest BCUT2D eigenvalue weighted by Gasteiger charge is -2.04. The minimum absolute atomic E-state index is 0.459. The average Bonchev–Trinajstić information content (AvgIpc) is 2.15. The third-order valence-electron chi connectivity index (χ3n) is 0.897. The number of rotatable bonds is 2. The molecule has 50 valence electrons. The van der Waals surface area contributed by atoms with Crippen LogP contribution in [0.4, 0.5) is 5.69 Å². The Kier molecular flexibility index (Phi) is 2.08. The molecule has 1 unspecified atom stereocenters. The SMILES string of the molecule is CC(O)Nc1ccsc1. The summed E-state index contributed by atoms with van der Waals surface area (Å²) in [5, 5.41) is 15.6. The molecular weight excluding hydrogens is 134 g/mol. The van der Waals surface area contributed by atoms with Gasteiger partial charge in [-0.1, -0.05) is 0 Å². The highest BCUT2D eigenvalue weighted by Gasteiger charge is 1.93. The second-order valence-corrected chi connectivity index (χ2v) is 2.61. The molecule has 0 aliphatic carbocycles. The van der Waals surface area contributed by atoms with Crippen molar-refractivity contribution in [1.29, 1.82) is 0 Å². The molecule has 0 bridgehead atoms. The molecule has 0 saturated heterocycles. The van der Waals surface area contributed by atoms with Gasteiger partial charge >= 0.3 is 0 Å². The van der Waals surface area contributed by atoms with E-state index in [9.17, 15) is 0 Å². The van der Waals surface area contributed by atoms with E-state index in [1.165, 1.54) is 0 Å². The van der Waals surface area contributed by atoms with Gasteiger partial charge in [-0.15, -0.1) is 0 Å². The van der Waals surface area contributed by atoms with E-state index in [1.54, 1.807) is 18.3 Å². The Morgan fingerprint density at radius 1 is 1.78 bits per heavy atom. The molecule has 0 aliphatic heterocycles. The highest BCUT2D eigenvalue weighted by Crippen LogP contribution is 2.11. The molecule has 1 rings (SSSR count). The highest BCUT2D eigenvalue weighted by atomic mass is 32.1. The molecular formula is C6H9NOS. The molecule has 1 aromatic rings. The van der Waals surface area contributed by atoms with Crippen LogP contribution in [-0.4, -0.2) is 11.3 Å². The van der Waals surface area contributed by atoms with Crippen molar-refractivity contribution in [2.45, 2.75) is 13.2 Å². The van der Waals surface area contributed by atoms with Gasteiger partial charge in [-0.05, 0) is 18.4 Å². The molecule has 1 atom stereocenters. The van der Waals surface area contributed by atoms with Crippen molar-refractivity contribution in [3.05, 3.63) is 16.8 Å². The quantitative estimate of drug-likeness (QED) is 0.615. The first-order chi connectivity index (χ1) is 4.29. The zero-order valence-electron chi connectivity index (χ0n) is 5.16. The molecule has 2 N–H and O–H groups in total. The van der Waals surface area contributed by atoms with Crippen LogP contribution >= 0.6 is 11.3 Å². The molecule has 0 fully saturated rings. The van der Waals surface area contributed by atoms with E-state index in [0.717, 1.165) is 5.69 Å². The first-order valence-corrected chi connectivity index (χ1v) is 3.70. The van der Waals surface area contributed by atoms with Crippen LogP contribution in [0.5, 0.6) is 0 Å². The van der Waals surface area contributed by atoms with Gasteiger partial charge in [0.2, 0.25) is 0 Å². The van der Waals surface area contributed by atoms with E-state index in [4.69, 9.17) is 5.11 Å². The van der Waals surface area contributed by atoms with Crippen molar-refractivity contribution < 1.29 is 5.11 Å². The average molecular weight is 143 g/mol. The summed E-state index contributed by atoms with van der Waals surface area (Å²) >= 11 is 1.61. The highest BCUT2D eigenvalue weighted by molar-refractivity contribution is 7.08. The molecule has 0 radical (unpaired) electrons. The summed E-state index contributed by atoms with van der Waals surface area (Å²) in [6, 6.07) is 1.93. The number of hydrogen-bond acceptors (Lipinski definition) is 3. The fraction of sp³-hybridized carbons (Fsp3) is 0.333. The summed E-state index contributed by atoms with van der Waals surface area (Å²) in [7, 11) is 0. The number of anilines is 1. The minimum Gasteiger partial charge on any atom is -0.374 e. The number of aliphatic hydroxyl groups is 1. The van der Waals surface area contributed by atoms with Gasteiger partial charge in [-0.3, -0.25) is 0 Å². The lowest BCUT2D eigenvalue weighted by atomic mass is 10.5. The molecule has 9 heavy (non-hydrogen) atoms. The Hall–Kier alpha value is -0.540. The molecule has 0 amide bonds. The van der Waals surface area contributed by atoms with Crippen LogP contribution in [0.2, 0.25) is 0 Å². The van der Waals surface area contributed by atoms with Gasteiger partial charge in [0.25, 0.3) is 0 Å². The second-order valence-electron chi connectivity index (χ2n) is 1.83. The van der Waals surface area contributed by atoms with Crippen LogP contribution in [0.3, 0.4) is 0 Å². The van der Waals surface area contributed by atoms with Crippen LogP contribution in [-0.2, 0) is 0 Å². The van der Waals surface area contributed by atoms with E-state index < -0.39 is 6.23 Å². The Morgan fingerprint density at radius 3 is 3.00 bits per heavy atom. The number of hydrogen-bond donors (Lipinski definition) is 2. The van der Waals surface area contributed by atoms with Crippen molar-refractivity contribution in [3.8, 4) is 0 Å². The third-order valence-corrected chi connectivity index (χ3v) is 1.58. The topological polar surface area (TPSA) is 32.3 Å². The standard InChI is InChI=1S/C6H9NOS/c1-5(8)7-6-2-3-9-4-6/h2-5,7-8H,1H3. The Bertz CT molecular complexity index is 160. The summed E-state index contributed by atoms with van der Waals surface area (Å²) < 4.78 is 0. The Labute approximate surface area is 58.1 Å². The van der Waals surface area contributed by atoms with Crippen molar-refractivity contribution in [3.63, 3.8) is 0 Å². The Morgan fingerprint density at radius 2 is 2.56 bits per heavy atom. The molecule has 0 aliphatic rings. The number of aliphatic hydroxyl groups excluding tert-OH is 1. The van der Waals surface area contributed by atoms with Gasteiger partial charge in [0.1, 0.15) is 6.23 Å². The third kappa shape index (κ3) is 2.03. The van der Waals surface area contributed by atoms with Gasteiger partial charge in [0.15, 0.2) is 0 Å². The van der Waals surface area contributed by atoms with Gasteiger partial charge in [0, 0.05) is 11.1 Å². The van der Waals surface area contributed by atoms with Crippen molar-refractivity contribution in [2.24, 2.45) is 0 Å². The molecule has 1 heterocycles. The monoisotopic (exact) mass is 143 g/mol.